The summed E-state index contributed by atoms with van der Waals surface area (Å²) < 4.78 is 16.2. The first kappa shape index (κ1) is 15.3. The van der Waals surface area contributed by atoms with Crippen molar-refractivity contribution in [2.75, 3.05) is 31.1 Å². The molecular weight excluding hydrogens is 336 g/mol. The van der Waals surface area contributed by atoms with E-state index < -0.39 is 11.0 Å². The molecule has 2 aromatic heterocycles. The third-order valence-electron chi connectivity index (χ3n) is 4.56. The van der Waals surface area contributed by atoms with Gasteiger partial charge in [0, 0.05) is 37.1 Å². The van der Waals surface area contributed by atoms with Crippen LogP contribution < -0.4 is 4.90 Å². The lowest BCUT2D eigenvalue weighted by molar-refractivity contribution is 0.388. The van der Waals surface area contributed by atoms with E-state index in [4.69, 9.17) is 11.6 Å². The van der Waals surface area contributed by atoms with Crippen LogP contribution in [0.5, 0.6) is 0 Å². The minimum Gasteiger partial charge on any atom is -0.337 e. The van der Waals surface area contributed by atoms with Gasteiger partial charge in [-0.15, -0.1) is 5.10 Å². The van der Waals surface area contributed by atoms with Gasteiger partial charge in [-0.25, -0.2) is 8.51 Å². The molecule has 1 aliphatic heterocycles. The van der Waals surface area contributed by atoms with Gasteiger partial charge in [-0.3, -0.25) is 0 Å². The molecule has 2 aliphatic rings. The molecule has 2 aromatic rings. The van der Waals surface area contributed by atoms with Gasteiger partial charge < -0.3 is 4.90 Å². The predicted octanol–water partition coefficient (Wildman–Crippen LogP) is 1.42. The Kier molecular flexibility index (Phi) is 3.98. The fourth-order valence-electron chi connectivity index (χ4n) is 2.95. The van der Waals surface area contributed by atoms with Crippen molar-refractivity contribution >= 4 is 34.3 Å². The number of aromatic nitrogens is 4. The van der Waals surface area contributed by atoms with E-state index in [1.165, 1.54) is 6.42 Å². The van der Waals surface area contributed by atoms with Crippen molar-refractivity contribution < 1.29 is 4.21 Å². The van der Waals surface area contributed by atoms with E-state index in [9.17, 15) is 4.21 Å². The van der Waals surface area contributed by atoms with Crippen molar-refractivity contribution in [1.29, 1.82) is 0 Å². The van der Waals surface area contributed by atoms with Gasteiger partial charge in [0.05, 0.1) is 11.0 Å². The van der Waals surface area contributed by atoms with E-state index in [1.54, 1.807) is 10.6 Å². The average Bonchev–Trinajstić information content (AvgIpc) is 2.90. The highest BCUT2D eigenvalue weighted by atomic mass is 35.5. The Hall–Kier alpha value is -1.25. The highest BCUT2D eigenvalue weighted by Gasteiger charge is 2.31. The van der Waals surface area contributed by atoms with E-state index in [-0.39, 0.29) is 0 Å². The first-order chi connectivity index (χ1) is 11.1. The SMILES string of the molecule is Cc1cc(Cl)nc2nc(N3CCN(S(=O)C4CCC4)CC3)nn12. The number of hydrogen-bond acceptors (Lipinski definition) is 5. The van der Waals surface area contributed by atoms with Crippen LogP contribution in [0, 0.1) is 6.92 Å². The average molecular weight is 355 g/mol. The monoisotopic (exact) mass is 354 g/mol. The molecule has 1 atom stereocenters. The lowest BCUT2D eigenvalue weighted by Crippen LogP contribution is -2.50. The van der Waals surface area contributed by atoms with E-state index >= 15 is 0 Å². The first-order valence-electron chi connectivity index (χ1n) is 7.92. The predicted molar refractivity (Wildman–Crippen MR) is 90.1 cm³/mol. The Morgan fingerprint density at radius 3 is 2.61 bits per heavy atom. The van der Waals surface area contributed by atoms with Crippen molar-refractivity contribution in [3.63, 3.8) is 0 Å². The Balaban J connectivity index is 1.48. The summed E-state index contributed by atoms with van der Waals surface area (Å²) in [6.07, 6.45) is 3.43. The van der Waals surface area contributed by atoms with Gasteiger partial charge >= 0.3 is 0 Å². The van der Waals surface area contributed by atoms with Crippen LogP contribution >= 0.6 is 11.6 Å². The third kappa shape index (κ3) is 2.83. The maximum atomic E-state index is 12.4. The molecule has 23 heavy (non-hydrogen) atoms. The van der Waals surface area contributed by atoms with Crippen molar-refractivity contribution in [2.24, 2.45) is 0 Å². The van der Waals surface area contributed by atoms with Gasteiger partial charge in [0.15, 0.2) is 0 Å². The summed E-state index contributed by atoms with van der Waals surface area (Å²) in [5, 5.41) is 5.33. The molecule has 0 N–H and O–H groups in total. The van der Waals surface area contributed by atoms with Crippen LogP contribution in [0.3, 0.4) is 0 Å². The molecule has 1 aliphatic carbocycles. The van der Waals surface area contributed by atoms with E-state index in [1.807, 2.05) is 6.92 Å². The molecule has 124 valence electrons. The summed E-state index contributed by atoms with van der Waals surface area (Å²) in [5.74, 6) is 1.18. The molecule has 0 amide bonds. The molecule has 1 saturated heterocycles. The Morgan fingerprint density at radius 2 is 1.96 bits per heavy atom. The second kappa shape index (κ2) is 5.99. The van der Waals surface area contributed by atoms with E-state index in [0.29, 0.717) is 22.1 Å². The van der Waals surface area contributed by atoms with Crippen molar-refractivity contribution in [3.05, 3.63) is 16.9 Å². The normalized spacial score (nSPS) is 21.6. The molecule has 1 saturated carbocycles. The number of fused-ring (bicyclic) bond motifs is 1. The highest BCUT2D eigenvalue weighted by Crippen LogP contribution is 2.26. The summed E-state index contributed by atoms with van der Waals surface area (Å²) in [6.45, 7) is 5.06. The molecule has 7 nitrogen and oxygen atoms in total. The zero-order valence-corrected chi connectivity index (χ0v) is 14.6. The zero-order chi connectivity index (χ0) is 16.0. The highest BCUT2D eigenvalue weighted by molar-refractivity contribution is 7.83. The van der Waals surface area contributed by atoms with Crippen LogP contribution in [0.25, 0.3) is 5.78 Å². The number of halogens is 1. The number of rotatable bonds is 3. The summed E-state index contributed by atoms with van der Waals surface area (Å²) in [5.41, 5.74) is 0.906. The molecule has 0 radical (unpaired) electrons. The molecule has 2 fully saturated rings. The minimum absolute atomic E-state index is 0.379. The number of hydrogen-bond donors (Lipinski definition) is 0. The topological polar surface area (TPSA) is 66.6 Å². The molecule has 0 spiro atoms. The van der Waals surface area contributed by atoms with Gasteiger partial charge in [-0.2, -0.15) is 14.5 Å². The van der Waals surface area contributed by atoms with Crippen LogP contribution in [-0.4, -0.2) is 59.5 Å². The fraction of sp³-hybridized carbons (Fsp3) is 0.643. The Bertz CT molecular complexity index is 753. The smallest absolute Gasteiger partial charge is 0.255 e. The summed E-state index contributed by atoms with van der Waals surface area (Å²) >= 11 is 5.98. The van der Waals surface area contributed by atoms with Crippen molar-refractivity contribution in [2.45, 2.75) is 31.4 Å². The lowest BCUT2D eigenvalue weighted by Gasteiger charge is -2.36. The van der Waals surface area contributed by atoms with Crippen LogP contribution in [0.1, 0.15) is 25.0 Å². The molecule has 0 bridgehead atoms. The first-order valence-corrected chi connectivity index (χ1v) is 9.47. The van der Waals surface area contributed by atoms with Crippen molar-refractivity contribution in [1.82, 2.24) is 23.9 Å². The minimum atomic E-state index is -0.826. The summed E-state index contributed by atoms with van der Waals surface area (Å²) in [6, 6.07) is 1.77. The third-order valence-corrected chi connectivity index (χ3v) is 6.67. The van der Waals surface area contributed by atoms with Crippen LogP contribution in [-0.2, 0) is 11.0 Å². The quantitative estimate of drug-likeness (QED) is 0.780. The number of anilines is 1. The molecule has 0 aromatic carbocycles. The largest absolute Gasteiger partial charge is 0.337 e. The number of aryl methyl sites for hydroxylation is 1. The van der Waals surface area contributed by atoms with E-state index in [0.717, 1.165) is 44.7 Å². The second-order valence-corrected chi connectivity index (χ2v) is 8.21. The summed E-state index contributed by atoms with van der Waals surface area (Å²) in [7, 11) is -0.826. The number of nitrogens with zero attached hydrogens (tertiary/aromatic N) is 6. The lowest BCUT2D eigenvalue weighted by atomic mass is 10.0. The van der Waals surface area contributed by atoms with Gasteiger partial charge in [-0.05, 0) is 25.8 Å². The van der Waals surface area contributed by atoms with Crippen LogP contribution in [0.15, 0.2) is 6.07 Å². The van der Waals surface area contributed by atoms with Crippen LogP contribution in [0.2, 0.25) is 5.15 Å². The van der Waals surface area contributed by atoms with Gasteiger partial charge in [-0.1, -0.05) is 18.0 Å². The van der Waals surface area contributed by atoms with Crippen molar-refractivity contribution in [3.8, 4) is 0 Å². The Labute approximate surface area is 142 Å². The molecule has 4 rings (SSSR count). The molecular formula is C14H19ClN6OS. The fourth-order valence-corrected chi connectivity index (χ4v) is 4.86. The molecule has 3 heterocycles. The second-order valence-electron chi connectivity index (χ2n) is 6.09. The van der Waals surface area contributed by atoms with Gasteiger partial charge in [0.2, 0.25) is 5.95 Å². The zero-order valence-electron chi connectivity index (χ0n) is 13.0. The maximum Gasteiger partial charge on any atom is 0.255 e. The number of piperazine rings is 1. The maximum absolute atomic E-state index is 12.4. The van der Waals surface area contributed by atoms with Gasteiger partial charge in [0.1, 0.15) is 5.15 Å². The summed E-state index contributed by atoms with van der Waals surface area (Å²) in [4.78, 5) is 10.8. The standard InChI is InChI=1S/C14H19ClN6OS/c1-10-9-12(15)16-13-17-14(18-21(10)13)19-5-7-20(8-6-19)23(22)11-3-2-4-11/h9,11H,2-8H2,1H3. The Morgan fingerprint density at radius 1 is 1.22 bits per heavy atom. The molecule has 9 heteroatoms. The van der Waals surface area contributed by atoms with Gasteiger partial charge in [0.25, 0.3) is 5.78 Å². The van der Waals surface area contributed by atoms with Crippen LogP contribution in [0.4, 0.5) is 5.95 Å². The molecule has 1 unspecified atom stereocenters. The van der Waals surface area contributed by atoms with E-state index in [2.05, 4.69) is 24.3 Å².